The van der Waals surface area contributed by atoms with Crippen molar-refractivity contribution in [3.8, 4) is 11.6 Å². The molecule has 7 nitrogen and oxygen atoms in total. The number of carboxylic acid groups (broad SMARTS) is 1. The molecule has 1 aromatic heterocycles. The number of pyridine rings is 1. The normalized spacial score (nSPS) is 20.1. The molecule has 33 heavy (non-hydrogen) atoms. The molecule has 1 aromatic carbocycles. The van der Waals surface area contributed by atoms with Crippen molar-refractivity contribution in [3.63, 3.8) is 0 Å². The molecule has 2 aromatic rings. The first-order valence-corrected chi connectivity index (χ1v) is 11.3. The molecule has 2 unspecified atom stereocenters. The molecular formula is C24H22Cl2N2O5. The van der Waals surface area contributed by atoms with Crippen molar-refractivity contribution in [2.24, 2.45) is 11.1 Å². The summed E-state index contributed by atoms with van der Waals surface area (Å²) in [6.45, 7) is 3.51. The van der Waals surface area contributed by atoms with E-state index in [1.165, 1.54) is 6.92 Å². The summed E-state index contributed by atoms with van der Waals surface area (Å²) in [5.41, 5.74) is 2.34. The number of carbonyl (C=O) groups is 1. The number of nitrogens with zero attached hydrogens (tertiary/aromatic N) is 2. The predicted octanol–water partition coefficient (Wildman–Crippen LogP) is 5.71. The van der Waals surface area contributed by atoms with Gasteiger partial charge in [-0.15, -0.1) is 0 Å². The Kier molecular flexibility index (Phi) is 6.91. The number of carboxylic acids is 1. The first kappa shape index (κ1) is 23.1. The van der Waals surface area contributed by atoms with Crippen molar-refractivity contribution in [3.05, 3.63) is 75.6 Å². The van der Waals surface area contributed by atoms with Crippen molar-refractivity contribution in [1.82, 2.24) is 4.98 Å². The maximum atomic E-state index is 11.2. The Balaban J connectivity index is 1.61. The summed E-state index contributed by atoms with van der Waals surface area (Å²) in [7, 11) is 0. The zero-order valence-corrected chi connectivity index (χ0v) is 19.5. The Morgan fingerprint density at radius 2 is 1.94 bits per heavy atom. The van der Waals surface area contributed by atoms with Crippen molar-refractivity contribution >= 4 is 34.9 Å². The molecule has 0 radical (unpaired) electrons. The molecule has 2 aliphatic rings. The lowest BCUT2D eigenvalue weighted by molar-refractivity contribution is -0.146. The summed E-state index contributed by atoms with van der Waals surface area (Å²) in [4.78, 5) is 21.5. The molecule has 1 N–H and O–H groups in total. The second kappa shape index (κ2) is 9.85. The van der Waals surface area contributed by atoms with Crippen molar-refractivity contribution in [1.29, 1.82) is 0 Å². The molecule has 9 heteroatoms. The minimum absolute atomic E-state index is 0.288. The highest BCUT2D eigenvalue weighted by Gasteiger charge is 2.38. The van der Waals surface area contributed by atoms with Gasteiger partial charge in [-0.3, -0.25) is 0 Å². The van der Waals surface area contributed by atoms with E-state index in [9.17, 15) is 4.79 Å². The number of halogens is 2. The van der Waals surface area contributed by atoms with E-state index in [2.05, 4.69) is 12.1 Å². The van der Waals surface area contributed by atoms with Crippen molar-refractivity contribution in [2.45, 2.75) is 38.9 Å². The average molecular weight is 489 g/mol. The van der Waals surface area contributed by atoms with Gasteiger partial charge in [-0.2, -0.15) is 0 Å². The summed E-state index contributed by atoms with van der Waals surface area (Å²) in [6.07, 6.45) is 3.57. The summed E-state index contributed by atoms with van der Waals surface area (Å²) < 4.78 is 11.4. The summed E-state index contributed by atoms with van der Waals surface area (Å²) >= 11 is 12.2. The van der Waals surface area contributed by atoms with Gasteiger partial charge in [0.05, 0.1) is 22.4 Å². The van der Waals surface area contributed by atoms with Gasteiger partial charge in [-0.25, -0.2) is 9.78 Å². The number of rotatable bonds is 8. The van der Waals surface area contributed by atoms with Crippen molar-refractivity contribution in [2.75, 3.05) is 0 Å². The quantitative estimate of drug-likeness (QED) is 0.511. The number of hydrogen-bond acceptors (Lipinski definition) is 6. The molecule has 0 amide bonds. The van der Waals surface area contributed by atoms with Gasteiger partial charge < -0.3 is 19.4 Å². The van der Waals surface area contributed by atoms with Crippen LogP contribution in [0.2, 0.25) is 5.02 Å². The Bertz CT molecular complexity index is 1140. The van der Waals surface area contributed by atoms with Gasteiger partial charge in [0, 0.05) is 16.7 Å². The average Bonchev–Trinajstić information content (AvgIpc) is 3.18. The molecule has 1 aliphatic carbocycles. The van der Waals surface area contributed by atoms with Gasteiger partial charge in [0.1, 0.15) is 11.5 Å². The number of aliphatic carboxylic acids is 1. The number of benzene rings is 1. The Labute approximate surface area is 201 Å². The number of allylic oxidation sites excluding steroid dienone is 1. The molecular weight excluding hydrogens is 467 g/mol. The number of hydrogen-bond donors (Lipinski definition) is 1. The van der Waals surface area contributed by atoms with Crippen LogP contribution in [0.4, 0.5) is 0 Å². The zero-order valence-electron chi connectivity index (χ0n) is 18.0. The van der Waals surface area contributed by atoms with Crippen LogP contribution in [0.5, 0.6) is 11.6 Å². The van der Waals surface area contributed by atoms with E-state index in [1.807, 2.05) is 6.07 Å². The van der Waals surface area contributed by atoms with E-state index in [0.717, 1.165) is 17.7 Å². The van der Waals surface area contributed by atoms with Gasteiger partial charge in [0.25, 0.3) is 0 Å². The number of ether oxygens (including phenoxy) is 2. The fourth-order valence-electron chi connectivity index (χ4n) is 3.56. The number of aromatic nitrogens is 1. The molecule has 172 valence electrons. The molecule has 3 atom stereocenters. The number of fused-ring (bicyclic) bond motifs is 1. The van der Waals surface area contributed by atoms with E-state index in [-0.39, 0.29) is 5.92 Å². The second-order valence-corrected chi connectivity index (χ2v) is 8.51. The van der Waals surface area contributed by atoms with Crippen LogP contribution < -0.4 is 4.74 Å². The molecule has 0 fully saturated rings. The minimum atomic E-state index is -1.08. The van der Waals surface area contributed by atoms with Gasteiger partial charge >= 0.3 is 5.97 Å². The maximum Gasteiger partial charge on any atom is 0.344 e. The van der Waals surface area contributed by atoms with Gasteiger partial charge in [-0.1, -0.05) is 41.7 Å². The summed E-state index contributed by atoms with van der Waals surface area (Å²) in [5.74, 6) is 0.0162. The Morgan fingerprint density at radius 3 is 2.64 bits per heavy atom. The van der Waals surface area contributed by atoms with E-state index in [4.69, 9.17) is 47.6 Å². The second-order valence-electron chi connectivity index (χ2n) is 7.67. The van der Waals surface area contributed by atoms with Crippen LogP contribution >= 0.6 is 23.2 Å². The highest BCUT2D eigenvalue weighted by atomic mass is 35.5. The lowest BCUT2D eigenvalue weighted by Gasteiger charge is -2.22. The van der Waals surface area contributed by atoms with Gasteiger partial charge in [-0.05, 0) is 55.8 Å². The molecule has 4 rings (SSSR count). The number of oxime groups is 1. The van der Waals surface area contributed by atoms with Crippen LogP contribution in [-0.2, 0) is 20.8 Å². The topological polar surface area (TPSA) is 90.2 Å². The molecule has 1 aliphatic heterocycles. The van der Waals surface area contributed by atoms with E-state index in [1.54, 1.807) is 42.5 Å². The minimum Gasteiger partial charge on any atom is -0.479 e. The summed E-state index contributed by atoms with van der Waals surface area (Å²) in [5, 5.41) is 14.4. The van der Waals surface area contributed by atoms with Crippen LogP contribution in [0.15, 0.2) is 64.5 Å². The smallest absolute Gasteiger partial charge is 0.344 e. The third-order valence-corrected chi connectivity index (χ3v) is 5.78. The standard InChI is InChI=1S/C24H22Cl2N2O5/c1-3-4-19-16(9-10-22(27-19)32-15-7-5-14(25)6-8-15)23-17-11-21(31-13(2)24(29)30)18(26)12-20(17)33-28-23/h5-13,17,20H,3-4H2,1-2H3,(H,29,30)/t13-,17?,20?/m0/s1. The fourth-order valence-corrected chi connectivity index (χ4v) is 3.92. The Hall–Kier alpha value is -3.03. The number of aryl methyl sites for hydroxylation is 1. The van der Waals surface area contributed by atoms with Crippen LogP contribution in [0.3, 0.4) is 0 Å². The van der Waals surface area contributed by atoms with Crippen molar-refractivity contribution < 1.29 is 24.2 Å². The van der Waals surface area contributed by atoms with Crippen LogP contribution in [0.25, 0.3) is 0 Å². The van der Waals surface area contributed by atoms with E-state index >= 15 is 0 Å². The van der Waals surface area contributed by atoms with Crippen LogP contribution in [-0.4, -0.2) is 34.0 Å². The predicted molar refractivity (Wildman–Crippen MR) is 125 cm³/mol. The molecule has 0 saturated carbocycles. The first-order chi connectivity index (χ1) is 15.9. The zero-order chi connectivity index (χ0) is 23.5. The highest BCUT2D eigenvalue weighted by molar-refractivity contribution is 6.32. The van der Waals surface area contributed by atoms with Gasteiger partial charge in [0.15, 0.2) is 12.2 Å². The fraction of sp³-hybridized carbons (Fsp3) is 0.292. The largest absolute Gasteiger partial charge is 0.479 e. The van der Waals surface area contributed by atoms with Crippen LogP contribution in [0.1, 0.15) is 31.5 Å². The third-order valence-electron chi connectivity index (χ3n) is 5.22. The maximum absolute atomic E-state index is 11.2. The molecule has 2 heterocycles. The lowest BCUT2D eigenvalue weighted by Crippen LogP contribution is -2.27. The molecule has 0 bridgehead atoms. The van der Waals surface area contributed by atoms with E-state index < -0.39 is 18.2 Å². The highest BCUT2D eigenvalue weighted by Crippen LogP contribution is 2.36. The molecule has 0 saturated heterocycles. The summed E-state index contributed by atoms with van der Waals surface area (Å²) in [6, 6.07) is 10.7. The van der Waals surface area contributed by atoms with E-state index in [0.29, 0.717) is 39.6 Å². The van der Waals surface area contributed by atoms with Crippen LogP contribution in [0, 0.1) is 5.92 Å². The lowest BCUT2D eigenvalue weighted by atomic mass is 9.87. The molecule has 0 spiro atoms. The first-order valence-electron chi connectivity index (χ1n) is 10.5. The SMILES string of the molecule is CCCc1nc(Oc2ccc(Cl)cc2)ccc1C1=NOC2C=C(Cl)C(O[C@@H](C)C(=O)O)=CC12. The Morgan fingerprint density at radius 1 is 1.18 bits per heavy atom. The monoisotopic (exact) mass is 488 g/mol. The van der Waals surface area contributed by atoms with Gasteiger partial charge in [0.2, 0.25) is 5.88 Å². The third kappa shape index (κ3) is 5.15.